The first kappa shape index (κ1) is 14.9. The molecule has 1 aliphatic rings. The molecule has 0 amide bonds. The number of ether oxygens (including phenoxy) is 2. The number of rotatable bonds is 4. The Bertz CT molecular complexity index is 532. The molecule has 1 aromatic rings. The maximum Gasteiger partial charge on any atom is 0.189 e. The molecule has 0 radical (unpaired) electrons. The zero-order chi connectivity index (χ0) is 14.5. The third-order valence-electron chi connectivity index (χ3n) is 2.66. The molecular formula is C14H17FN2O2S. The van der Waals surface area contributed by atoms with Crippen molar-refractivity contribution in [2.75, 3.05) is 20.9 Å². The number of nitrogens with one attached hydrogen (secondary N) is 1. The fourth-order valence-corrected chi connectivity index (χ4v) is 2.47. The lowest BCUT2D eigenvalue weighted by atomic mass is 10.1. The Morgan fingerprint density at radius 3 is 3.05 bits per heavy atom. The fraction of sp³-hybridized carbons (Fsp3) is 0.357. The average Bonchev–Trinajstić information content (AvgIpc) is 2.42. The molecule has 20 heavy (non-hydrogen) atoms. The summed E-state index contributed by atoms with van der Waals surface area (Å²) in [6, 6.07) is 2.89. The van der Waals surface area contributed by atoms with Gasteiger partial charge in [-0.05, 0) is 18.2 Å². The van der Waals surface area contributed by atoms with Crippen LogP contribution in [0.25, 0.3) is 0 Å². The SMILES string of the molecule is CN(C)/C=C/C(=N)SCc1cc(F)cc2c1OCOC2. The average molecular weight is 296 g/mol. The lowest BCUT2D eigenvalue weighted by molar-refractivity contribution is -0.0171. The molecule has 0 saturated heterocycles. The quantitative estimate of drug-likeness (QED) is 0.685. The molecule has 2 rings (SSSR count). The summed E-state index contributed by atoms with van der Waals surface area (Å²) >= 11 is 1.34. The Balaban J connectivity index is 2.06. The maximum atomic E-state index is 13.5. The highest BCUT2D eigenvalue weighted by Crippen LogP contribution is 2.32. The molecule has 4 nitrogen and oxygen atoms in total. The topological polar surface area (TPSA) is 45.6 Å². The van der Waals surface area contributed by atoms with Crippen LogP contribution in [0, 0.1) is 11.2 Å². The Kier molecular flexibility index (Phi) is 5.03. The van der Waals surface area contributed by atoms with Crippen LogP contribution in [0.2, 0.25) is 0 Å². The van der Waals surface area contributed by atoms with Crippen molar-refractivity contribution in [1.82, 2.24) is 4.90 Å². The van der Waals surface area contributed by atoms with Crippen LogP contribution in [-0.2, 0) is 17.1 Å². The number of fused-ring (bicyclic) bond motifs is 1. The van der Waals surface area contributed by atoms with E-state index in [0.29, 0.717) is 23.2 Å². The van der Waals surface area contributed by atoms with Gasteiger partial charge in [-0.3, -0.25) is 5.41 Å². The summed E-state index contributed by atoms with van der Waals surface area (Å²) in [7, 11) is 3.79. The van der Waals surface area contributed by atoms with Gasteiger partial charge in [-0.1, -0.05) is 0 Å². The molecular weight excluding hydrogens is 279 g/mol. The summed E-state index contributed by atoms with van der Waals surface area (Å²) in [4.78, 5) is 1.86. The zero-order valence-electron chi connectivity index (χ0n) is 11.5. The van der Waals surface area contributed by atoms with Crippen LogP contribution >= 0.6 is 11.8 Å². The first-order valence-electron chi connectivity index (χ1n) is 6.14. The molecule has 0 atom stereocenters. The van der Waals surface area contributed by atoms with Crippen LogP contribution in [0.15, 0.2) is 24.4 Å². The highest BCUT2D eigenvalue weighted by atomic mass is 32.2. The first-order chi connectivity index (χ1) is 9.56. The number of nitrogens with zero attached hydrogens (tertiary/aromatic N) is 1. The molecule has 0 unspecified atom stereocenters. The van der Waals surface area contributed by atoms with Crippen LogP contribution in [0.5, 0.6) is 5.75 Å². The van der Waals surface area contributed by atoms with Gasteiger partial charge in [0, 0.05) is 37.2 Å². The predicted molar refractivity (Wildman–Crippen MR) is 78.5 cm³/mol. The van der Waals surface area contributed by atoms with Gasteiger partial charge in [0.05, 0.1) is 11.7 Å². The Hall–Kier alpha value is -1.53. The monoisotopic (exact) mass is 296 g/mol. The minimum atomic E-state index is -0.302. The van der Waals surface area contributed by atoms with E-state index in [9.17, 15) is 4.39 Å². The van der Waals surface area contributed by atoms with Crippen molar-refractivity contribution < 1.29 is 13.9 Å². The van der Waals surface area contributed by atoms with E-state index in [1.165, 1.54) is 23.9 Å². The van der Waals surface area contributed by atoms with Crippen LogP contribution in [0.3, 0.4) is 0 Å². The highest BCUT2D eigenvalue weighted by molar-refractivity contribution is 8.13. The van der Waals surface area contributed by atoms with Gasteiger partial charge in [-0.25, -0.2) is 4.39 Å². The van der Waals surface area contributed by atoms with E-state index < -0.39 is 0 Å². The van der Waals surface area contributed by atoms with Gasteiger partial charge in [0.15, 0.2) is 6.79 Å². The zero-order valence-corrected chi connectivity index (χ0v) is 12.3. The molecule has 108 valence electrons. The summed E-state index contributed by atoms with van der Waals surface area (Å²) < 4.78 is 24.1. The highest BCUT2D eigenvalue weighted by Gasteiger charge is 2.17. The van der Waals surface area contributed by atoms with E-state index in [1.807, 2.05) is 19.0 Å². The summed E-state index contributed by atoms with van der Waals surface area (Å²) in [5.41, 5.74) is 1.48. The number of hydrogen-bond acceptors (Lipinski definition) is 5. The molecule has 1 heterocycles. The summed E-state index contributed by atoms with van der Waals surface area (Å²) in [6.07, 6.45) is 3.51. The number of hydrogen-bond donors (Lipinski definition) is 1. The normalized spacial score (nSPS) is 13.9. The van der Waals surface area contributed by atoms with Crippen molar-refractivity contribution >= 4 is 16.8 Å². The van der Waals surface area contributed by atoms with Gasteiger partial charge in [-0.15, -0.1) is 11.8 Å². The fourth-order valence-electron chi connectivity index (χ4n) is 1.78. The van der Waals surface area contributed by atoms with Gasteiger partial charge in [0.1, 0.15) is 11.6 Å². The molecule has 6 heteroatoms. The molecule has 0 aliphatic carbocycles. The lowest BCUT2D eigenvalue weighted by Gasteiger charge is -2.20. The van der Waals surface area contributed by atoms with Crippen molar-refractivity contribution in [2.24, 2.45) is 0 Å². The number of benzene rings is 1. The molecule has 0 aromatic heterocycles. The van der Waals surface area contributed by atoms with Crippen LogP contribution in [-0.4, -0.2) is 30.8 Å². The molecule has 0 saturated carbocycles. The Morgan fingerprint density at radius 1 is 1.50 bits per heavy atom. The molecule has 1 aliphatic heterocycles. The number of halogens is 1. The van der Waals surface area contributed by atoms with E-state index in [2.05, 4.69) is 0 Å². The van der Waals surface area contributed by atoms with Gasteiger partial charge in [0.25, 0.3) is 0 Å². The smallest absolute Gasteiger partial charge is 0.189 e. The van der Waals surface area contributed by atoms with Crippen molar-refractivity contribution in [3.8, 4) is 5.75 Å². The summed E-state index contributed by atoms with van der Waals surface area (Å²) in [5, 5.41) is 8.24. The van der Waals surface area contributed by atoms with Gasteiger partial charge in [-0.2, -0.15) is 0 Å². The van der Waals surface area contributed by atoms with Crippen LogP contribution in [0.1, 0.15) is 11.1 Å². The number of thioether (sulfide) groups is 1. The van der Waals surface area contributed by atoms with E-state index in [4.69, 9.17) is 14.9 Å². The van der Waals surface area contributed by atoms with Crippen molar-refractivity contribution in [2.45, 2.75) is 12.4 Å². The Morgan fingerprint density at radius 2 is 2.30 bits per heavy atom. The first-order valence-corrected chi connectivity index (χ1v) is 7.12. The summed E-state index contributed by atoms with van der Waals surface area (Å²) in [6.45, 7) is 0.553. The Labute approximate surface area is 122 Å². The predicted octanol–water partition coefficient (Wildman–Crippen LogP) is 2.98. The minimum Gasteiger partial charge on any atom is -0.467 e. The minimum absolute atomic E-state index is 0.189. The molecule has 0 bridgehead atoms. The van der Waals surface area contributed by atoms with Crippen molar-refractivity contribution in [3.63, 3.8) is 0 Å². The molecule has 0 spiro atoms. The van der Waals surface area contributed by atoms with Crippen LogP contribution < -0.4 is 4.74 Å². The van der Waals surface area contributed by atoms with Crippen molar-refractivity contribution in [3.05, 3.63) is 41.4 Å². The summed E-state index contributed by atoms with van der Waals surface area (Å²) in [5.74, 6) is 0.884. The third-order valence-corrected chi connectivity index (χ3v) is 3.56. The van der Waals surface area contributed by atoms with Gasteiger partial charge >= 0.3 is 0 Å². The largest absolute Gasteiger partial charge is 0.467 e. The van der Waals surface area contributed by atoms with E-state index in [1.54, 1.807) is 12.3 Å². The maximum absolute atomic E-state index is 13.5. The molecule has 1 aromatic carbocycles. The van der Waals surface area contributed by atoms with E-state index in [0.717, 1.165) is 11.1 Å². The lowest BCUT2D eigenvalue weighted by Crippen LogP contribution is -2.13. The standard InChI is InChI=1S/C14H17FN2O2S/c1-17(2)4-3-13(16)20-8-11-6-12(15)5-10-7-18-9-19-14(10)11/h3-6,16H,7-9H2,1-2H3/b4-3+,16-13?. The molecule has 0 fully saturated rings. The van der Waals surface area contributed by atoms with E-state index in [-0.39, 0.29) is 12.6 Å². The second kappa shape index (κ2) is 6.76. The van der Waals surface area contributed by atoms with Gasteiger partial charge in [0.2, 0.25) is 0 Å². The molecule has 1 N–H and O–H groups in total. The second-order valence-electron chi connectivity index (χ2n) is 4.60. The van der Waals surface area contributed by atoms with E-state index >= 15 is 0 Å². The van der Waals surface area contributed by atoms with Crippen molar-refractivity contribution in [1.29, 1.82) is 5.41 Å². The second-order valence-corrected chi connectivity index (χ2v) is 5.61. The third kappa shape index (κ3) is 3.98. The van der Waals surface area contributed by atoms with Crippen LogP contribution in [0.4, 0.5) is 4.39 Å². The van der Waals surface area contributed by atoms with Gasteiger partial charge < -0.3 is 14.4 Å².